The molecule has 248 valence electrons. The fourth-order valence-corrected chi connectivity index (χ4v) is 4.72. The minimum Gasteiger partial charge on any atom is -0.550 e. The van der Waals surface area contributed by atoms with Crippen molar-refractivity contribution < 1.29 is 30.0 Å². The molecule has 0 saturated carbocycles. The Balaban J connectivity index is -0.000000727. The molecular formula is C36H66BaO6. The predicted octanol–water partition coefficient (Wildman–Crippen LogP) is 7.11. The van der Waals surface area contributed by atoms with Gasteiger partial charge in [0.15, 0.2) is 0 Å². The largest absolute Gasteiger partial charge is 2.00 e. The summed E-state index contributed by atoms with van der Waals surface area (Å²) in [5.74, 6) is -1.88. The van der Waals surface area contributed by atoms with Gasteiger partial charge in [0.1, 0.15) is 0 Å². The number of allylic oxidation sites excluding steroid dienone is 2. The molecule has 0 spiro atoms. The van der Waals surface area contributed by atoms with Gasteiger partial charge in [0, 0.05) is 11.9 Å². The fourth-order valence-electron chi connectivity index (χ4n) is 4.72. The number of carboxylic acids is 2. The number of hydrogen-bond acceptors (Lipinski definition) is 6. The Kier molecular flexibility index (Phi) is 43.9. The van der Waals surface area contributed by atoms with Crippen molar-refractivity contribution in [2.45, 2.75) is 193 Å². The van der Waals surface area contributed by atoms with E-state index in [9.17, 15) is 30.0 Å². The van der Waals surface area contributed by atoms with Crippen molar-refractivity contribution >= 4 is 60.8 Å². The molecule has 0 aromatic carbocycles. The van der Waals surface area contributed by atoms with E-state index in [1.165, 1.54) is 38.5 Å². The van der Waals surface area contributed by atoms with Gasteiger partial charge in [-0.3, -0.25) is 0 Å². The summed E-state index contributed by atoms with van der Waals surface area (Å²) in [6.07, 6.45) is 34.0. The zero-order valence-corrected chi connectivity index (χ0v) is 32.5. The predicted molar refractivity (Wildman–Crippen MR) is 177 cm³/mol. The second-order valence-electron chi connectivity index (χ2n) is 11.8. The van der Waals surface area contributed by atoms with Crippen LogP contribution in [0.1, 0.15) is 181 Å². The summed E-state index contributed by atoms with van der Waals surface area (Å²) in [4.78, 5) is 20.4. The fraction of sp³-hybridized carbons (Fsp3) is 0.833. The van der Waals surface area contributed by atoms with Crippen LogP contribution in [0.15, 0.2) is 24.3 Å². The van der Waals surface area contributed by atoms with E-state index in [2.05, 4.69) is 38.2 Å². The number of carbonyl (C=O) groups excluding carboxylic acids is 2. The van der Waals surface area contributed by atoms with Crippen LogP contribution < -0.4 is 10.2 Å². The van der Waals surface area contributed by atoms with Crippen LogP contribution in [0.2, 0.25) is 0 Å². The van der Waals surface area contributed by atoms with Gasteiger partial charge in [-0.25, -0.2) is 0 Å². The van der Waals surface area contributed by atoms with Crippen molar-refractivity contribution in [1.82, 2.24) is 0 Å². The molecule has 2 N–H and O–H groups in total. The Morgan fingerprint density at radius 1 is 0.512 bits per heavy atom. The van der Waals surface area contributed by atoms with Crippen molar-refractivity contribution in [1.29, 1.82) is 0 Å². The molecule has 2 atom stereocenters. The second-order valence-corrected chi connectivity index (χ2v) is 11.8. The van der Waals surface area contributed by atoms with Gasteiger partial charge in [0.05, 0.1) is 12.2 Å². The van der Waals surface area contributed by atoms with E-state index in [0.717, 1.165) is 116 Å². The van der Waals surface area contributed by atoms with Crippen molar-refractivity contribution in [3.8, 4) is 0 Å². The molecule has 0 radical (unpaired) electrons. The van der Waals surface area contributed by atoms with E-state index in [1.54, 1.807) is 0 Å². The molecule has 0 fully saturated rings. The molecule has 0 aliphatic carbocycles. The van der Waals surface area contributed by atoms with Crippen molar-refractivity contribution in [2.24, 2.45) is 0 Å². The third kappa shape index (κ3) is 46.5. The smallest absolute Gasteiger partial charge is 0.550 e. The van der Waals surface area contributed by atoms with Crippen LogP contribution in [-0.2, 0) is 9.59 Å². The Morgan fingerprint density at radius 2 is 0.837 bits per heavy atom. The Morgan fingerprint density at radius 3 is 1.19 bits per heavy atom. The van der Waals surface area contributed by atoms with Gasteiger partial charge in [-0.05, 0) is 77.0 Å². The first kappa shape index (κ1) is 47.3. The quantitative estimate of drug-likeness (QED) is 0.0462. The first-order valence-corrected chi connectivity index (χ1v) is 17.4. The molecule has 0 bridgehead atoms. The van der Waals surface area contributed by atoms with Gasteiger partial charge in [-0.1, -0.05) is 128 Å². The minimum atomic E-state index is -0.939. The summed E-state index contributed by atoms with van der Waals surface area (Å²) in [5.41, 5.74) is 0. The number of carboxylic acid groups (broad SMARTS) is 2. The van der Waals surface area contributed by atoms with Crippen molar-refractivity contribution in [3.63, 3.8) is 0 Å². The summed E-state index contributed by atoms with van der Waals surface area (Å²) in [7, 11) is 0. The molecule has 0 heterocycles. The number of unbranched alkanes of at least 4 members (excludes halogenated alkanes) is 16. The van der Waals surface area contributed by atoms with Gasteiger partial charge in [0.2, 0.25) is 0 Å². The standard InChI is InChI=1S/2C18H34O3.Ba/c2*1-2-3-4-11-14-17(19)15-12-9-7-5-6-8-10-13-16-18(20)21;/h2*9,12,17,19H,2-8,10-11,13-16H2,1H3,(H,20,21);/q;;+2/p-2/t2*17-;/m11./s1. The van der Waals surface area contributed by atoms with Crippen LogP contribution in [-0.4, -0.2) is 83.2 Å². The summed E-state index contributed by atoms with van der Waals surface area (Å²) in [5, 5.41) is 40.0. The Bertz CT molecular complexity index is 583. The SMILES string of the molecule is CCCCCC[C@@H](O)CC=CCCCCCCCC(=O)[O-].CCCCCC[C@@H](O)CC=CCCCCCCCC(=O)[O-].[Ba+2]. The molecule has 6 nitrogen and oxygen atoms in total. The van der Waals surface area contributed by atoms with E-state index in [4.69, 9.17) is 0 Å². The van der Waals surface area contributed by atoms with Crippen LogP contribution >= 0.6 is 0 Å². The molecule has 0 aliphatic rings. The number of aliphatic hydroxyl groups excluding tert-OH is 2. The van der Waals surface area contributed by atoms with E-state index >= 15 is 0 Å². The second kappa shape index (κ2) is 39.9. The summed E-state index contributed by atoms with van der Waals surface area (Å²) in [6.45, 7) is 4.39. The molecule has 0 aromatic heterocycles. The summed E-state index contributed by atoms with van der Waals surface area (Å²) >= 11 is 0. The average Bonchev–Trinajstić information content (AvgIpc) is 2.95. The molecular weight excluding hydrogens is 666 g/mol. The topological polar surface area (TPSA) is 121 Å². The molecule has 7 heteroatoms. The maximum absolute atomic E-state index is 10.2. The van der Waals surface area contributed by atoms with E-state index < -0.39 is 11.9 Å². The molecule has 0 unspecified atom stereocenters. The van der Waals surface area contributed by atoms with Gasteiger partial charge < -0.3 is 30.0 Å². The molecule has 0 aliphatic heterocycles. The van der Waals surface area contributed by atoms with Crippen LogP contribution in [0.4, 0.5) is 0 Å². The maximum atomic E-state index is 10.2. The van der Waals surface area contributed by atoms with Crippen molar-refractivity contribution in [2.75, 3.05) is 0 Å². The van der Waals surface area contributed by atoms with Crippen LogP contribution in [0.3, 0.4) is 0 Å². The molecule has 0 saturated heterocycles. The number of rotatable bonds is 30. The maximum Gasteiger partial charge on any atom is 2.00 e. The van der Waals surface area contributed by atoms with Gasteiger partial charge in [-0.2, -0.15) is 0 Å². The van der Waals surface area contributed by atoms with E-state index in [0.29, 0.717) is 0 Å². The van der Waals surface area contributed by atoms with Gasteiger partial charge in [-0.15, -0.1) is 0 Å². The number of hydrogen-bond donors (Lipinski definition) is 2. The summed E-state index contributed by atoms with van der Waals surface area (Å²) in [6, 6.07) is 0. The minimum absolute atomic E-state index is 0. The number of aliphatic carboxylic acids is 2. The van der Waals surface area contributed by atoms with Gasteiger partial charge >= 0.3 is 48.9 Å². The zero-order valence-electron chi connectivity index (χ0n) is 28.1. The van der Waals surface area contributed by atoms with E-state index in [-0.39, 0.29) is 73.9 Å². The van der Waals surface area contributed by atoms with Crippen LogP contribution in [0.25, 0.3) is 0 Å². The average molecular weight is 732 g/mol. The third-order valence-corrected chi connectivity index (χ3v) is 7.43. The van der Waals surface area contributed by atoms with E-state index in [1.807, 2.05) is 0 Å². The monoisotopic (exact) mass is 732 g/mol. The molecule has 0 rings (SSSR count). The van der Waals surface area contributed by atoms with Gasteiger partial charge in [0.25, 0.3) is 0 Å². The Labute approximate surface area is 305 Å². The third-order valence-electron chi connectivity index (χ3n) is 7.43. The zero-order chi connectivity index (χ0) is 31.5. The number of carbonyl (C=O) groups is 2. The Hall–Kier alpha value is -0.0886. The van der Waals surface area contributed by atoms with Crippen LogP contribution in [0.5, 0.6) is 0 Å². The van der Waals surface area contributed by atoms with Crippen molar-refractivity contribution in [3.05, 3.63) is 24.3 Å². The number of aliphatic hydroxyl groups is 2. The summed E-state index contributed by atoms with van der Waals surface area (Å²) < 4.78 is 0. The molecule has 0 aromatic rings. The molecule has 43 heavy (non-hydrogen) atoms. The van der Waals surface area contributed by atoms with Crippen LogP contribution in [0, 0.1) is 0 Å². The normalized spacial score (nSPS) is 12.6. The first-order valence-electron chi connectivity index (χ1n) is 17.4. The first-order chi connectivity index (χ1) is 20.3. The molecule has 0 amide bonds.